The van der Waals surface area contributed by atoms with Crippen LogP contribution in [0.2, 0.25) is 0 Å². The Balaban J connectivity index is 0.00000144. The fraction of sp³-hybridized carbons (Fsp3) is 0.222. The third-order valence-electron chi connectivity index (χ3n) is 1.43. The molecule has 0 fully saturated rings. The molecule has 0 amide bonds. The van der Waals surface area contributed by atoms with Crippen LogP contribution in [-0.4, -0.2) is 41.4 Å². The van der Waals surface area contributed by atoms with Crippen molar-refractivity contribution in [2.24, 2.45) is 0 Å². The zero-order valence-electron chi connectivity index (χ0n) is 6.71. The van der Waals surface area contributed by atoms with Crippen molar-refractivity contribution >= 4 is 47.1 Å². The van der Waals surface area contributed by atoms with Gasteiger partial charge >= 0.3 is 35.5 Å². The van der Waals surface area contributed by atoms with E-state index in [2.05, 4.69) is 0 Å². The maximum absolute atomic E-state index is 10.8. The van der Waals surface area contributed by atoms with Gasteiger partial charge in [-0.25, -0.2) is 0 Å². The predicted molar refractivity (Wildman–Crippen MR) is 54.7 cm³/mol. The van der Waals surface area contributed by atoms with E-state index >= 15 is 0 Å². The third kappa shape index (κ3) is 4.14. The Morgan fingerprint density at radius 2 is 2.08 bits per heavy atom. The molecule has 0 atom stereocenters. The molecule has 0 radical (unpaired) electrons. The number of para-hydroxylation sites is 1. The molecule has 1 aromatic rings. The second-order valence-corrected chi connectivity index (χ2v) is 2.64. The number of carbonyl (C=O) groups excluding carboxylic acids is 1. The molecule has 1 rings (SSSR count). The molecule has 0 spiro atoms. The summed E-state index contributed by atoms with van der Waals surface area (Å²) in [6.45, 7) is 1.87. The Morgan fingerprint density at radius 3 is 2.62 bits per heavy atom. The number of esters is 1. The normalized spacial score (nSPS) is 8.77. The first kappa shape index (κ1) is 13.0. The number of halogens is 1. The summed E-state index contributed by atoms with van der Waals surface area (Å²) in [6.07, 6.45) is 0. The fourth-order valence-corrected chi connectivity index (χ4v) is 0.875. The van der Waals surface area contributed by atoms with E-state index in [0.29, 0.717) is 5.75 Å². The Morgan fingerprint density at radius 1 is 1.46 bits per heavy atom. The molecule has 0 saturated carbocycles. The molecule has 0 unspecified atom stereocenters. The summed E-state index contributed by atoms with van der Waals surface area (Å²) in [5.74, 6) is 0.0306. The molecule has 2 nitrogen and oxygen atoms in total. The standard InChI is InChI=1S/C9H9ClO2.Na.H/c1-7-4-2-3-5-8(7)12-9(11)6-10;;/h2-5H,6H2,1H3;;. The van der Waals surface area contributed by atoms with Crippen molar-refractivity contribution in [1.82, 2.24) is 0 Å². The molecule has 66 valence electrons. The molecule has 0 saturated heterocycles. The molecule has 0 N–H and O–H groups in total. The molecule has 0 aromatic heterocycles. The summed E-state index contributed by atoms with van der Waals surface area (Å²) in [6, 6.07) is 7.30. The number of hydrogen-bond donors (Lipinski definition) is 0. The van der Waals surface area contributed by atoms with Crippen molar-refractivity contribution in [3.8, 4) is 5.75 Å². The molecular weight excluding hydrogens is 199 g/mol. The third-order valence-corrected chi connectivity index (χ3v) is 1.64. The Labute approximate surface area is 105 Å². The van der Waals surface area contributed by atoms with Gasteiger partial charge in [-0.1, -0.05) is 18.2 Å². The number of alkyl halides is 1. The van der Waals surface area contributed by atoms with E-state index in [1.165, 1.54) is 0 Å². The molecule has 0 bridgehead atoms. The first-order valence-corrected chi connectivity index (χ1v) is 4.10. The van der Waals surface area contributed by atoms with E-state index in [-0.39, 0.29) is 35.4 Å². The topological polar surface area (TPSA) is 26.3 Å². The van der Waals surface area contributed by atoms with Crippen molar-refractivity contribution in [2.75, 3.05) is 5.88 Å². The van der Waals surface area contributed by atoms with E-state index in [4.69, 9.17) is 16.3 Å². The quantitative estimate of drug-likeness (QED) is 0.319. The van der Waals surface area contributed by atoms with Crippen LogP contribution in [0.1, 0.15) is 5.56 Å². The number of hydrogen-bond acceptors (Lipinski definition) is 2. The van der Waals surface area contributed by atoms with Gasteiger partial charge in [0.15, 0.2) is 0 Å². The van der Waals surface area contributed by atoms with Gasteiger partial charge in [0.2, 0.25) is 0 Å². The van der Waals surface area contributed by atoms with Crippen molar-refractivity contribution in [3.05, 3.63) is 29.8 Å². The van der Waals surface area contributed by atoms with Crippen molar-refractivity contribution in [1.29, 1.82) is 0 Å². The summed E-state index contributed by atoms with van der Waals surface area (Å²) in [4.78, 5) is 10.8. The van der Waals surface area contributed by atoms with E-state index in [1.54, 1.807) is 6.07 Å². The van der Waals surface area contributed by atoms with Gasteiger partial charge in [0.05, 0.1) is 0 Å². The van der Waals surface area contributed by atoms with E-state index in [0.717, 1.165) is 5.56 Å². The van der Waals surface area contributed by atoms with Crippen LogP contribution in [0.3, 0.4) is 0 Å². The average molecular weight is 209 g/mol. The molecule has 0 aliphatic rings. The van der Waals surface area contributed by atoms with Crippen LogP contribution >= 0.6 is 11.6 Å². The van der Waals surface area contributed by atoms with Crippen LogP contribution in [-0.2, 0) is 4.79 Å². The molecule has 4 heteroatoms. The van der Waals surface area contributed by atoms with Crippen LogP contribution in [0.4, 0.5) is 0 Å². The fourth-order valence-electron chi connectivity index (χ4n) is 0.821. The van der Waals surface area contributed by atoms with Crippen LogP contribution in [0.25, 0.3) is 0 Å². The van der Waals surface area contributed by atoms with Gasteiger partial charge in [0.1, 0.15) is 11.6 Å². The molecule has 0 heterocycles. The summed E-state index contributed by atoms with van der Waals surface area (Å²) >= 11 is 5.28. The first-order valence-electron chi connectivity index (χ1n) is 3.56. The molecule has 0 aliphatic carbocycles. The van der Waals surface area contributed by atoms with Crippen LogP contribution < -0.4 is 4.74 Å². The van der Waals surface area contributed by atoms with Crippen LogP contribution in [0.15, 0.2) is 24.3 Å². The monoisotopic (exact) mass is 208 g/mol. The number of benzene rings is 1. The summed E-state index contributed by atoms with van der Waals surface area (Å²) < 4.78 is 4.92. The minimum absolute atomic E-state index is 0. The predicted octanol–water partition coefficient (Wildman–Crippen LogP) is 1.49. The van der Waals surface area contributed by atoms with Gasteiger partial charge in [0, 0.05) is 0 Å². The molecule has 13 heavy (non-hydrogen) atoms. The van der Waals surface area contributed by atoms with Gasteiger partial charge in [-0.2, -0.15) is 0 Å². The Bertz CT molecular complexity index is 289. The van der Waals surface area contributed by atoms with E-state index in [1.807, 2.05) is 25.1 Å². The summed E-state index contributed by atoms with van der Waals surface area (Å²) in [5, 5.41) is 0. The van der Waals surface area contributed by atoms with E-state index in [9.17, 15) is 4.79 Å². The Hall–Kier alpha value is -0.0200. The molecular formula is C9H10ClNaO2. The van der Waals surface area contributed by atoms with Crippen LogP contribution in [0.5, 0.6) is 5.75 Å². The van der Waals surface area contributed by atoms with Crippen molar-refractivity contribution < 1.29 is 9.53 Å². The first-order chi connectivity index (χ1) is 5.74. The van der Waals surface area contributed by atoms with Crippen molar-refractivity contribution in [3.63, 3.8) is 0 Å². The second-order valence-electron chi connectivity index (χ2n) is 2.37. The Kier molecular flexibility index (Phi) is 6.43. The van der Waals surface area contributed by atoms with Crippen LogP contribution in [0, 0.1) is 6.92 Å². The zero-order chi connectivity index (χ0) is 8.97. The second kappa shape index (κ2) is 6.44. The SMILES string of the molecule is Cc1ccccc1OC(=O)CCl.[NaH]. The minimum atomic E-state index is -0.425. The number of carbonyl (C=O) groups is 1. The van der Waals surface area contributed by atoms with Crippen molar-refractivity contribution in [2.45, 2.75) is 6.92 Å². The number of aryl methyl sites for hydroxylation is 1. The maximum atomic E-state index is 10.8. The molecule has 0 aliphatic heterocycles. The average Bonchev–Trinajstić information content (AvgIpc) is 2.09. The van der Waals surface area contributed by atoms with E-state index < -0.39 is 5.97 Å². The number of ether oxygens (including phenoxy) is 1. The van der Waals surface area contributed by atoms with Gasteiger partial charge < -0.3 is 4.74 Å². The van der Waals surface area contributed by atoms with Gasteiger partial charge in [-0.15, -0.1) is 11.6 Å². The number of rotatable bonds is 2. The molecule has 1 aromatic carbocycles. The summed E-state index contributed by atoms with van der Waals surface area (Å²) in [5.41, 5.74) is 0.927. The van der Waals surface area contributed by atoms with Gasteiger partial charge in [-0.3, -0.25) is 4.79 Å². The summed E-state index contributed by atoms with van der Waals surface area (Å²) in [7, 11) is 0. The zero-order valence-corrected chi connectivity index (χ0v) is 7.47. The van der Waals surface area contributed by atoms with Gasteiger partial charge in [-0.05, 0) is 18.6 Å². The van der Waals surface area contributed by atoms with Gasteiger partial charge in [0.25, 0.3) is 0 Å².